The molecular weight excluding hydrogens is 358 g/mol. The number of ether oxygens (including phenoxy) is 1. The van der Waals surface area contributed by atoms with Crippen LogP contribution in [-0.2, 0) is 11.3 Å². The molecule has 1 fully saturated rings. The van der Waals surface area contributed by atoms with E-state index >= 15 is 0 Å². The summed E-state index contributed by atoms with van der Waals surface area (Å²) in [5, 5.41) is 8.98. The van der Waals surface area contributed by atoms with Gasteiger partial charge in [0.25, 0.3) is 0 Å². The van der Waals surface area contributed by atoms with Gasteiger partial charge in [-0.15, -0.1) is 0 Å². The number of nitrogens with zero attached hydrogens (tertiary/aromatic N) is 3. The van der Waals surface area contributed by atoms with Gasteiger partial charge < -0.3 is 14.3 Å². The van der Waals surface area contributed by atoms with Gasteiger partial charge in [0.1, 0.15) is 11.5 Å². The van der Waals surface area contributed by atoms with Crippen LogP contribution >= 0.6 is 0 Å². The van der Waals surface area contributed by atoms with E-state index in [1.54, 1.807) is 30.9 Å². The van der Waals surface area contributed by atoms with Crippen LogP contribution in [0.3, 0.4) is 0 Å². The van der Waals surface area contributed by atoms with Gasteiger partial charge in [-0.1, -0.05) is 0 Å². The lowest BCUT2D eigenvalue weighted by atomic mass is 10.1. The van der Waals surface area contributed by atoms with Crippen LogP contribution < -0.4 is 4.74 Å². The molecule has 0 radical (unpaired) electrons. The highest BCUT2D eigenvalue weighted by Gasteiger charge is 2.28. The van der Waals surface area contributed by atoms with Gasteiger partial charge in [0.2, 0.25) is 0 Å². The third-order valence-corrected chi connectivity index (χ3v) is 4.88. The van der Waals surface area contributed by atoms with Gasteiger partial charge in [-0.05, 0) is 49.7 Å². The third kappa shape index (κ3) is 4.04. The van der Waals surface area contributed by atoms with Crippen molar-refractivity contribution in [2.45, 2.75) is 25.4 Å². The summed E-state index contributed by atoms with van der Waals surface area (Å²) in [6.45, 7) is 1.20. The highest BCUT2D eigenvalue weighted by Crippen LogP contribution is 2.35. The Hall–Kier alpha value is -3.19. The van der Waals surface area contributed by atoms with E-state index in [4.69, 9.17) is 14.3 Å². The van der Waals surface area contributed by atoms with Gasteiger partial charge in [-0.3, -0.25) is 14.9 Å². The van der Waals surface area contributed by atoms with Crippen LogP contribution in [0.4, 0.5) is 0 Å². The first-order valence-electron chi connectivity index (χ1n) is 9.22. The van der Waals surface area contributed by atoms with E-state index < -0.39 is 5.97 Å². The Labute approximate surface area is 162 Å². The number of rotatable bonds is 7. The molecule has 1 unspecified atom stereocenters. The number of carboxylic acids is 1. The predicted molar refractivity (Wildman–Crippen MR) is 102 cm³/mol. The summed E-state index contributed by atoms with van der Waals surface area (Å²) in [5.74, 6) is 0.523. The predicted octanol–water partition coefficient (Wildman–Crippen LogP) is 3.54. The second kappa shape index (κ2) is 8.22. The summed E-state index contributed by atoms with van der Waals surface area (Å²) >= 11 is 0. The van der Waals surface area contributed by atoms with Crippen LogP contribution in [0, 0.1) is 0 Å². The number of hydrogen-bond acceptors (Lipinski definition) is 6. The summed E-state index contributed by atoms with van der Waals surface area (Å²) in [6, 6.07) is 9.79. The maximum Gasteiger partial charge on any atom is 0.341 e. The van der Waals surface area contributed by atoms with E-state index in [0.29, 0.717) is 12.3 Å². The normalized spacial score (nSPS) is 16.9. The van der Waals surface area contributed by atoms with Gasteiger partial charge >= 0.3 is 5.97 Å². The topological polar surface area (TPSA) is 88.7 Å². The van der Waals surface area contributed by atoms with Gasteiger partial charge in [0.15, 0.2) is 6.61 Å². The van der Waals surface area contributed by atoms with Crippen LogP contribution in [0.15, 0.2) is 59.6 Å². The molecule has 0 saturated carbocycles. The molecule has 3 aromatic rings. The van der Waals surface area contributed by atoms with Gasteiger partial charge in [-0.25, -0.2) is 4.79 Å². The standard InChI is InChI=1S/C21H21N3O4/c25-21(26)14-28-19-6-5-15(17-12-22-7-8-23-17)11-16(19)13-24-9-1-3-18(24)20-4-2-10-27-20/h2,4-8,10-12,18H,1,3,9,13-14H2,(H,25,26). The molecule has 1 saturated heterocycles. The fraction of sp³-hybridized carbons (Fsp3) is 0.286. The zero-order valence-corrected chi connectivity index (χ0v) is 15.3. The van der Waals surface area contributed by atoms with Crippen LogP contribution in [0.1, 0.15) is 30.2 Å². The van der Waals surface area contributed by atoms with Crippen molar-refractivity contribution < 1.29 is 19.1 Å². The zero-order chi connectivity index (χ0) is 19.3. The molecule has 0 aliphatic carbocycles. The van der Waals surface area contributed by atoms with E-state index in [-0.39, 0.29) is 12.6 Å². The Morgan fingerprint density at radius 1 is 1.32 bits per heavy atom. The summed E-state index contributed by atoms with van der Waals surface area (Å²) < 4.78 is 11.2. The molecule has 0 amide bonds. The number of aliphatic carboxylic acids is 1. The van der Waals surface area contributed by atoms with Crippen LogP contribution in [0.25, 0.3) is 11.3 Å². The molecule has 2 aromatic heterocycles. The Morgan fingerprint density at radius 3 is 3.00 bits per heavy atom. The molecule has 1 N–H and O–H groups in total. The van der Waals surface area contributed by atoms with Crippen LogP contribution in [0.5, 0.6) is 5.75 Å². The second-order valence-electron chi connectivity index (χ2n) is 6.74. The molecule has 1 aromatic carbocycles. The minimum atomic E-state index is -1.00. The average Bonchev–Trinajstić information content (AvgIpc) is 3.39. The molecule has 28 heavy (non-hydrogen) atoms. The highest BCUT2D eigenvalue weighted by molar-refractivity contribution is 5.69. The minimum absolute atomic E-state index is 0.211. The Kier molecular flexibility index (Phi) is 5.34. The van der Waals surface area contributed by atoms with Gasteiger partial charge in [-0.2, -0.15) is 0 Å². The molecule has 3 heterocycles. The minimum Gasteiger partial charge on any atom is -0.482 e. The fourth-order valence-corrected chi connectivity index (χ4v) is 3.63. The van der Waals surface area contributed by atoms with Crippen molar-refractivity contribution in [3.05, 3.63) is 66.5 Å². The number of benzene rings is 1. The number of likely N-dealkylation sites (tertiary alicyclic amines) is 1. The lowest BCUT2D eigenvalue weighted by molar-refractivity contribution is -0.139. The lowest BCUT2D eigenvalue weighted by Crippen LogP contribution is -2.23. The number of aromatic nitrogens is 2. The Balaban J connectivity index is 1.63. The highest BCUT2D eigenvalue weighted by atomic mass is 16.5. The second-order valence-corrected chi connectivity index (χ2v) is 6.74. The van der Waals surface area contributed by atoms with E-state index in [2.05, 4.69) is 14.9 Å². The smallest absolute Gasteiger partial charge is 0.341 e. The third-order valence-electron chi connectivity index (χ3n) is 4.88. The monoisotopic (exact) mass is 379 g/mol. The summed E-state index contributed by atoms with van der Waals surface area (Å²) in [6.07, 6.45) is 8.80. The van der Waals surface area contributed by atoms with Crippen molar-refractivity contribution in [1.82, 2.24) is 14.9 Å². The number of carboxylic acid groups (broad SMARTS) is 1. The first-order chi connectivity index (χ1) is 13.7. The first kappa shape index (κ1) is 18.2. The summed E-state index contributed by atoms with van der Waals surface area (Å²) in [7, 11) is 0. The van der Waals surface area contributed by atoms with Crippen molar-refractivity contribution in [2.75, 3.05) is 13.2 Å². The SMILES string of the molecule is O=C(O)COc1ccc(-c2cnccn2)cc1CN1CCCC1c1ccco1. The molecule has 1 atom stereocenters. The molecule has 0 spiro atoms. The van der Waals surface area contributed by atoms with Crippen molar-refractivity contribution in [3.8, 4) is 17.0 Å². The van der Waals surface area contributed by atoms with Crippen LogP contribution in [0.2, 0.25) is 0 Å². The zero-order valence-electron chi connectivity index (χ0n) is 15.3. The lowest BCUT2D eigenvalue weighted by Gasteiger charge is -2.24. The Bertz CT molecular complexity index is 928. The maximum absolute atomic E-state index is 11.0. The molecule has 4 rings (SSSR count). The fourth-order valence-electron chi connectivity index (χ4n) is 3.63. The van der Waals surface area contributed by atoms with Crippen molar-refractivity contribution in [2.24, 2.45) is 0 Å². The van der Waals surface area contributed by atoms with E-state index in [0.717, 1.165) is 42.0 Å². The molecule has 7 heteroatoms. The largest absolute Gasteiger partial charge is 0.482 e. The Morgan fingerprint density at radius 2 is 2.25 bits per heavy atom. The maximum atomic E-state index is 11.0. The molecule has 1 aliphatic heterocycles. The van der Waals surface area contributed by atoms with Gasteiger partial charge in [0, 0.05) is 30.1 Å². The molecule has 144 valence electrons. The molecule has 1 aliphatic rings. The average molecular weight is 379 g/mol. The molecule has 0 bridgehead atoms. The quantitative estimate of drug-likeness (QED) is 0.672. The number of furan rings is 1. The number of carbonyl (C=O) groups is 1. The van der Waals surface area contributed by atoms with E-state index in [1.165, 1.54) is 0 Å². The number of hydrogen-bond donors (Lipinski definition) is 1. The molecule has 7 nitrogen and oxygen atoms in total. The van der Waals surface area contributed by atoms with E-state index in [9.17, 15) is 4.79 Å². The van der Waals surface area contributed by atoms with E-state index in [1.807, 2.05) is 24.3 Å². The summed E-state index contributed by atoms with van der Waals surface area (Å²) in [4.78, 5) is 21.8. The molecular formula is C21H21N3O4. The van der Waals surface area contributed by atoms with Crippen molar-refractivity contribution >= 4 is 5.97 Å². The van der Waals surface area contributed by atoms with Crippen LogP contribution in [-0.4, -0.2) is 39.1 Å². The van der Waals surface area contributed by atoms with Crippen molar-refractivity contribution in [3.63, 3.8) is 0 Å². The summed E-state index contributed by atoms with van der Waals surface area (Å²) in [5.41, 5.74) is 2.60. The van der Waals surface area contributed by atoms with Gasteiger partial charge in [0.05, 0.1) is 24.2 Å². The van der Waals surface area contributed by atoms with Crippen molar-refractivity contribution in [1.29, 1.82) is 0 Å². The first-order valence-corrected chi connectivity index (χ1v) is 9.22.